The Bertz CT molecular complexity index is 1500. The third-order valence-electron chi connectivity index (χ3n) is 9.93. The van der Waals surface area contributed by atoms with E-state index < -0.39 is 11.9 Å². The molecular weight excluding hydrogens is 528 g/mol. The van der Waals surface area contributed by atoms with Crippen LogP contribution in [0.2, 0.25) is 0 Å². The molecule has 3 fully saturated rings. The topological polar surface area (TPSA) is 93.1 Å². The minimum atomic E-state index is -0.958. The Hall–Kier alpha value is -4.58. The van der Waals surface area contributed by atoms with Gasteiger partial charge in [0.2, 0.25) is 0 Å². The van der Waals surface area contributed by atoms with Crippen LogP contribution in [0.1, 0.15) is 63.9 Å². The lowest BCUT2D eigenvalue weighted by Gasteiger charge is -2.44. The number of carboxylic acids is 2. The quantitative estimate of drug-likeness (QED) is 0.225. The number of carbonyl (C=O) groups is 2. The summed E-state index contributed by atoms with van der Waals surface area (Å²) in [4.78, 5) is 22.3. The summed E-state index contributed by atoms with van der Waals surface area (Å²) in [6.07, 6.45) is 6.43. The lowest BCUT2D eigenvalue weighted by molar-refractivity contribution is 0.0686. The molecule has 212 valence electrons. The first-order valence-electron chi connectivity index (χ1n) is 14.6. The minimum absolute atomic E-state index is 0.0699. The van der Waals surface area contributed by atoms with Gasteiger partial charge in [-0.1, -0.05) is 30.7 Å². The normalized spacial score (nSPS) is 23.3. The maximum atomic E-state index is 11.2. The van der Waals surface area contributed by atoms with E-state index in [0.717, 1.165) is 35.7 Å². The Balaban J connectivity index is 1.17. The Kier molecular flexibility index (Phi) is 6.49. The first-order chi connectivity index (χ1) is 20.4. The smallest absolute Gasteiger partial charge is 0.335 e. The second kappa shape index (κ2) is 10.4. The Labute approximate surface area is 244 Å². The van der Waals surface area contributed by atoms with Gasteiger partial charge in [0, 0.05) is 5.41 Å². The zero-order chi connectivity index (χ0) is 28.8. The number of hydrogen-bond acceptors (Lipinski definition) is 4. The van der Waals surface area contributed by atoms with Crippen molar-refractivity contribution in [2.45, 2.75) is 37.5 Å². The van der Waals surface area contributed by atoms with Gasteiger partial charge in [-0.2, -0.15) is 0 Å². The molecule has 0 heterocycles. The van der Waals surface area contributed by atoms with Gasteiger partial charge in [0.25, 0.3) is 0 Å². The van der Waals surface area contributed by atoms with Gasteiger partial charge in [0.05, 0.1) is 11.1 Å². The lowest BCUT2D eigenvalue weighted by atomic mass is 9.59. The van der Waals surface area contributed by atoms with Crippen molar-refractivity contribution in [1.82, 2.24) is 0 Å². The molecule has 0 amide bonds. The molecule has 42 heavy (non-hydrogen) atoms. The van der Waals surface area contributed by atoms with E-state index in [2.05, 4.69) is 24.3 Å². The van der Waals surface area contributed by atoms with E-state index in [9.17, 15) is 9.59 Å². The van der Waals surface area contributed by atoms with Crippen molar-refractivity contribution in [2.24, 2.45) is 23.7 Å². The molecule has 4 unspecified atom stereocenters. The fourth-order valence-electron chi connectivity index (χ4n) is 8.22. The van der Waals surface area contributed by atoms with Crippen LogP contribution in [0.25, 0.3) is 0 Å². The summed E-state index contributed by atoms with van der Waals surface area (Å²) in [5.74, 6) is 3.69. The highest BCUT2D eigenvalue weighted by Crippen LogP contribution is 2.68. The largest absolute Gasteiger partial charge is 0.478 e. The van der Waals surface area contributed by atoms with Crippen LogP contribution in [0.3, 0.4) is 0 Å². The van der Waals surface area contributed by atoms with E-state index in [1.807, 2.05) is 24.3 Å². The van der Waals surface area contributed by atoms with Crippen LogP contribution in [0.4, 0.5) is 0 Å². The van der Waals surface area contributed by atoms with Crippen LogP contribution in [0.5, 0.6) is 23.0 Å². The number of carboxylic acid groups (broad SMARTS) is 2. The van der Waals surface area contributed by atoms with Crippen LogP contribution in [-0.4, -0.2) is 22.2 Å². The standard InChI is InChI=1S/C36H32O6/c37-34(38)22-4-12-27(13-5-22)41-29-16-8-25(9-17-29)36(21-24-20-33(36)32-3-1-2-31(24)32)26-10-18-30(19-11-26)42-28-14-6-23(7-15-28)35(39)40/h4-19,24,31-33H,1-3,20-21H2,(H,37,38)(H,39,40). The van der Waals surface area contributed by atoms with Gasteiger partial charge >= 0.3 is 11.9 Å². The summed E-state index contributed by atoms with van der Waals surface area (Å²) in [6, 6.07) is 29.9. The first kappa shape index (κ1) is 26.3. The van der Waals surface area contributed by atoms with Crippen LogP contribution in [-0.2, 0) is 5.41 Å². The van der Waals surface area contributed by atoms with Gasteiger partial charge in [0.15, 0.2) is 0 Å². The Morgan fingerprint density at radius 1 is 0.595 bits per heavy atom. The molecule has 3 aliphatic carbocycles. The van der Waals surface area contributed by atoms with E-state index >= 15 is 0 Å². The second-order valence-electron chi connectivity index (χ2n) is 11.9. The Morgan fingerprint density at radius 2 is 1.00 bits per heavy atom. The van der Waals surface area contributed by atoms with Crippen LogP contribution in [0, 0.1) is 23.7 Å². The molecule has 0 saturated heterocycles. The molecule has 0 radical (unpaired) electrons. The molecule has 4 atom stereocenters. The molecule has 0 spiro atoms. The predicted molar refractivity (Wildman–Crippen MR) is 158 cm³/mol. The molecule has 4 aromatic carbocycles. The summed E-state index contributed by atoms with van der Waals surface area (Å²) >= 11 is 0. The van der Waals surface area contributed by atoms with E-state index in [1.54, 1.807) is 48.5 Å². The highest BCUT2D eigenvalue weighted by atomic mass is 16.5. The van der Waals surface area contributed by atoms with E-state index in [-0.39, 0.29) is 16.5 Å². The molecular formula is C36H32O6. The molecule has 6 nitrogen and oxygen atoms in total. The molecule has 0 aliphatic heterocycles. The van der Waals surface area contributed by atoms with Crippen LogP contribution < -0.4 is 9.47 Å². The summed E-state index contributed by atoms with van der Waals surface area (Å²) < 4.78 is 12.1. The minimum Gasteiger partial charge on any atom is -0.478 e. The average molecular weight is 561 g/mol. The van der Waals surface area contributed by atoms with E-state index in [1.165, 1.54) is 36.8 Å². The number of benzene rings is 4. The number of rotatable bonds is 8. The van der Waals surface area contributed by atoms with Crippen molar-refractivity contribution in [3.05, 3.63) is 119 Å². The van der Waals surface area contributed by atoms with Crippen molar-refractivity contribution in [3.8, 4) is 23.0 Å². The molecule has 4 aromatic rings. The van der Waals surface area contributed by atoms with Crippen molar-refractivity contribution in [2.75, 3.05) is 0 Å². The van der Waals surface area contributed by atoms with Crippen molar-refractivity contribution in [1.29, 1.82) is 0 Å². The summed E-state index contributed by atoms with van der Waals surface area (Å²) in [5.41, 5.74) is 3.01. The van der Waals surface area contributed by atoms with Gasteiger partial charge in [0.1, 0.15) is 23.0 Å². The van der Waals surface area contributed by atoms with Gasteiger partial charge in [-0.05, 0) is 133 Å². The fourth-order valence-corrected chi connectivity index (χ4v) is 8.22. The van der Waals surface area contributed by atoms with Crippen LogP contribution >= 0.6 is 0 Å². The van der Waals surface area contributed by atoms with Gasteiger partial charge in [-0.15, -0.1) is 0 Å². The molecule has 3 aliphatic rings. The SMILES string of the molecule is O=C(O)c1ccc(Oc2ccc(C3(c4ccc(Oc5ccc(C(=O)O)cc5)cc4)CC4CC3C3CCCC43)cc2)cc1. The van der Waals surface area contributed by atoms with Gasteiger partial charge < -0.3 is 19.7 Å². The summed E-state index contributed by atoms with van der Waals surface area (Å²) in [5, 5.41) is 18.3. The maximum Gasteiger partial charge on any atom is 0.335 e. The molecule has 7 rings (SSSR count). The second-order valence-corrected chi connectivity index (χ2v) is 11.9. The number of fused-ring (bicyclic) bond motifs is 5. The third-order valence-corrected chi connectivity index (χ3v) is 9.93. The third kappa shape index (κ3) is 4.51. The number of hydrogen-bond donors (Lipinski definition) is 2. The van der Waals surface area contributed by atoms with Gasteiger partial charge in [-0.25, -0.2) is 9.59 Å². The van der Waals surface area contributed by atoms with Crippen molar-refractivity contribution >= 4 is 11.9 Å². The highest BCUT2D eigenvalue weighted by molar-refractivity contribution is 5.88. The zero-order valence-corrected chi connectivity index (χ0v) is 23.1. The Morgan fingerprint density at radius 3 is 1.43 bits per heavy atom. The summed E-state index contributed by atoms with van der Waals surface area (Å²) in [7, 11) is 0. The molecule has 2 bridgehead atoms. The highest BCUT2D eigenvalue weighted by Gasteiger charge is 2.61. The average Bonchev–Trinajstić information content (AvgIpc) is 3.72. The van der Waals surface area contributed by atoms with E-state index in [4.69, 9.17) is 19.7 Å². The molecule has 3 saturated carbocycles. The summed E-state index contributed by atoms with van der Waals surface area (Å²) in [6.45, 7) is 0. The monoisotopic (exact) mass is 560 g/mol. The van der Waals surface area contributed by atoms with Crippen LogP contribution in [0.15, 0.2) is 97.1 Å². The number of ether oxygens (including phenoxy) is 2. The maximum absolute atomic E-state index is 11.2. The van der Waals surface area contributed by atoms with Gasteiger partial charge in [-0.3, -0.25) is 0 Å². The number of aromatic carboxylic acids is 2. The lowest BCUT2D eigenvalue weighted by Crippen LogP contribution is -2.40. The van der Waals surface area contributed by atoms with Crippen molar-refractivity contribution < 1.29 is 29.3 Å². The molecule has 0 aromatic heterocycles. The first-order valence-corrected chi connectivity index (χ1v) is 14.6. The zero-order valence-electron chi connectivity index (χ0n) is 23.1. The fraction of sp³-hybridized carbons (Fsp3) is 0.278. The predicted octanol–water partition coefficient (Wildman–Crippen LogP) is 8.41. The van der Waals surface area contributed by atoms with E-state index in [0.29, 0.717) is 17.4 Å². The van der Waals surface area contributed by atoms with Crippen molar-refractivity contribution in [3.63, 3.8) is 0 Å². The molecule has 2 N–H and O–H groups in total. The molecule has 6 heteroatoms.